The van der Waals surface area contributed by atoms with Crippen molar-refractivity contribution in [1.82, 2.24) is 19.8 Å². The van der Waals surface area contributed by atoms with Crippen molar-refractivity contribution in [3.05, 3.63) is 59.7 Å². The Balaban J connectivity index is 1.40. The maximum atomic E-state index is 11.4. The van der Waals surface area contributed by atoms with E-state index in [4.69, 9.17) is 28.7 Å². The summed E-state index contributed by atoms with van der Waals surface area (Å²) < 4.78 is 30.9. The molecule has 1 unspecified atom stereocenters. The zero-order valence-corrected chi connectivity index (χ0v) is 26.9. The Kier molecular flexibility index (Phi) is 16.2. The number of nitrogens with zero attached hydrogens (tertiary/aromatic N) is 4. The van der Waals surface area contributed by atoms with E-state index >= 15 is 0 Å². The molecule has 1 saturated heterocycles. The molecular formula is C34H52N4O7. The van der Waals surface area contributed by atoms with Crippen molar-refractivity contribution in [2.45, 2.75) is 70.2 Å². The van der Waals surface area contributed by atoms with Gasteiger partial charge in [0.25, 0.3) is 0 Å². The lowest BCUT2D eigenvalue weighted by molar-refractivity contribution is -0.101. The first kappa shape index (κ1) is 35.3. The van der Waals surface area contributed by atoms with Crippen molar-refractivity contribution in [2.75, 3.05) is 79.0 Å². The van der Waals surface area contributed by atoms with Gasteiger partial charge >= 0.3 is 5.97 Å². The normalized spacial score (nSPS) is 23.0. The van der Waals surface area contributed by atoms with Gasteiger partial charge in [-0.05, 0) is 49.9 Å². The van der Waals surface area contributed by atoms with E-state index in [2.05, 4.69) is 27.8 Å². The van der Waals surface area contributed by atoms with Crippen LogP contribution >= 0.6 is 0 Å². The summed E-state index contributed by atoms with van der Waals surface area (Å²) in [4.78, 5) is 25.1. The number of rotatable bonds is 10. The van der Waals surface area contributed by atoms with Crippen LogP contribution in [0.2, 0.25) is 0 Å². The molecular weight excluding hydrogens is 576 g/mol. The van der Waals surface area contributed by atoms with Crippen molar-refractivity contribution in [3.8, 4) is 0 Å². The first-order valence-corrected chi connectivity index (χ1v) is 16.7. The lowest BCUT2D eigenvalue weighted by Gasteiger charge is -2.35. The monoisotopic (exact) mass is 628 g/mol. The van der Waals surface area contributed by atoms with Gasteiger partial charge < -0.3 is 28.8 Å². The average Bonchev–Trinajstić information content (AvgIpc) is 3.06. The van der Waals surface area contributed by atoms with Crippen LogP contribution in [0.25, 0.3) is 0 Å². The molecule has 3 heterocycles. The molecule has 0 bridgehead atoms. The molecule has 2 aliphatic rings. The molecule has 1 aliphatic heterocycles. The summed E-state index contributed by atoms with van der Waals surface area (Å²) in [6.07, 6.45) is 8.07. The van der Waals surface area contributed by atoms with Crippen molar-refractivity contribution in [3.63, 3.8) is 0 Å². The van der Waals surface area contributed by atoms with Crippen LogP contribution in [-0.2, 0) is 30.2 Å². The van der Waals surface area contributed by atoms with E-state index in [1.54, 1.807) is 6.07 Å². The Hall–Kier alpha value is -2.51. The average molecular weight is 629 g/mol. The van der Waals surface area contributed by atoms with Gasteiger partial charge in [-0.3, -0.25) is 14.8 Å². The first-order chi connectivity index (χ1) is 22.1. The Bertz CT molecular complexity index is 1100. The third kappa shape index (κ3) is 12.7. The van der Waals surface area contributed by atoms with Crippen molar-refractivity contribution < 1.29 is 33.6 Å². The van der Waals surface area contributed by atoms with Gasteiger partial charge in [0, 0.05) is 52.1 Å². The third-order valence-corrected chi connectivity index (χ3v) is 8.30. The maximum Gasteiger partial charge on any atom is 0.354 e. The molecule has 1 saturated carbocycles. The molecule has 0 amide bonds. The summed E-state index contributed by atoms with van der Waals surface area (Å²) in [5.74, 6) is -1.03. The van der Waals surface area contributed by atoms with Gasteiger partial charge in [-0.25, -0.2) is 9.78 Å². The molecule has 3 atom stereocenters. The topological polar surface area (TPSA) is 116 Å². The number of aromatic nitrogens is 2. The number of aromatic carboxylic acids is 1. The Labute approximate surface area is 268 Å². The minimum absolute atomic E-state index is 0.0509. The van der Waals surface area contributed by atoms with Crippen LogP contribution in [-0.4, -0.2) is 122 Å². The summed E-state index contributed by atoms with van der Waals surface area (Å²) in [6, 6.07) is 11.3. The van der Waals surface area contributed by atoms with Gasteiger partial charge in [0.2, 0.25) is 0 Å². The molecule has 1 N–H and O–H groups in total. The largest absolute Gasteiger partial charge is 0.477 e. The molecule has 0 aromatic carbocycles. The van der Waals surface area contributed by atoms with Crippen molar-refractivity contribution in [1.29, 1.82) is 0 Å². The zero-order valence-electron chi connectivity index (χ0n) is 26.9. The van der Waals surface area contributed by atoms with Gasteiger partial charge in [0.05, 0.1) is 69.3 Å². The third-order valence-electron chi connectivity index (χ3n) is 8.30. The molecule has 0 radical (unpaired) electrons. The van der Waals surface area contributed by atoms with Gasteiger partial charge in [-0.2, -0.15) is 0 Å². The molecule has 2 aromatic rings. The Morgan fingerprint density at radius 1 is 0.911 bits per heavy atom. The summed E-state index contributed by atoms with van der Waals surface area (Å²) in [5.41, 5.74) is 1.80. The van der Waals surface area contributed by atoms with E-state index in [-0.39, 0.29) is 23.9 Å². The minimum Gasteiger partial charge on any atom is -0.477 e. The molecule has 2 aromatic heterocycles. The van der Waals surface area contributed by atoms with Crippen LogP contribution in [0.4, 0.5) is 0 Å². The van der Waals surface area contributed by atoms with Crippen molar-refractivity contribution >= 4 is 5.97 Å². The quantitative estimate of drug-likeness (QED) is 0.381. The van der Waals surface area contributed by atoms with E-state index < -0.39 is 5.97 Å². The SMILES string of the molecule is CCCOCCC(c1ccccn1)N1CCOCCOCCN(Cc2cccc(C(=O)O)n2)CCO[C@@H]2CCCC[C@@H]2OCC1. The number of carboxylic acid groups (broad SMARTS) is 1. The fourth-order valence-corrected chi connectivity index (χ4v) is 5.94. The van der Waals surface area contributed by atoms with E-state index in [9.17, 15) is 9.90 Å². The second kappa shape index (κ2) is 20.6. The van der Waals surface area contributed by atoms with Gasteiger partial charge in [0.1, 0.15) is 5.69 Å². The molecule has 11 heteroatoms. The zero-order chi connectivity index (χ0) is 31.5. The van der Waals surface area contributed by atoms with Gasteiger partial charge in [-0.15, -0.1) is 0 Å². The van der Waals surface area contributed by atoms with Gasteiger partial charge in [0.15, 0.2) is 0 Å². The second-order valence-electron chi connectivity index (χ2n) is 11.6. The highest BCUT2D eigenvalue weighted by Crippen LogP contribution is 2.26. The van der Waals surface area contributed by atoms with Crippen molar-refractivity contribution in [2.24, 2.45) is 0 Å². The Morgan fingerprint density at radius 3 is 2.33 bits per heavy atom. The predicted octanol–water partition coefficient (Wildman–Crippen LogP) is 4.23. The second-order valence-corrected chi connectivity index (χ2v) is 11.6. The molecule has 0 spiro atoms. The molecule has 11 nitrogen and oxygen atoms in total. The number of carboxylic acids is 1. The smallest absolute Gasteiger partial charge is 0.354 e. The number of ether oxygens (including phenoxy) is 5. The fourth-order valence-electron chi connectivity index (χ4n) is 5.94. The first-order valence-electron chi connectivity index (χ1n) is 16.7. The van der Waals surface area contributed by atoms with E-state index in [1.807, 2.05) is 24.4 Å². The Morgan fingerprint density at radius 2 is 1.62 bits per heavy atom. The number of pyridine rings is 2. The lowest BCUT2D eigenvalue weighted by Crippen LogP contribution is -2.40. The molecule has 1 aliphatic carbocycles. The molecule has 250 valence electrons. The van der Waals surface area contributed by atoms with E-state index in [0.717, 1.165) is 63.9 Å². The summed E-state index contributed by atoms with van der Waals surface area (Å²) >= 11 is 0. The predicted molar refractivity (Wildman–Crippen MR) is 170 cm³/mol. The number of fused-ring (bicyclic) bond motifs is 1. The van der Waals surface area contributed by atoms with E-state index in [0.29, 0.717) is 71.6 Å². The maximum absolute atomic E-state index is 11.4. The fraction of sp³-hybridized carbons (Fsp3) is 0.676. The van der Waals surface area contributed by atoms with Crippen LogP contribution in [0.1, 0.15) is 73.4 Å². The van der Waals surface area contributed by atoms with Crippen LogP contribution in [0, 0.1) is 0 Å². The standard InChI is InChI=1S/C34H52N4O7/c1-2-19-41-20-13-31(29-9-5-6-14-35-29)38-17-22-43-26-25-42-21-15-37(27-28-8-7-10-30(36-28)34(39)40)16-23-44-32-11-3-4-12-33(32)45-24-18-38/h5-10,14,31-33H,2-4,11-13,15-27H2,1H3,(H,39,40)/t31?,32-,33+/m1/s1. The van der Waals surface area contributed by atoms with E-state index in [1.165, 1.54) is 6.07 Å². The van der Waals surface area contributed by atoms with Crippen LogP contribution < -0.4 is 0 Å². The highest BCUT2D eigenvalue weighted by Gasteiger charge is 2.28. The molecule has 2 fully saturated rings. The minimum atomic E-state index is -1.03. The lowest BCUT2D eigenvalue weighted by atomic mass is 9.94. The number of carbonyl (C=O) groups is 1. The van der Waals surface area contributed by atoms with Crippen LogP contribution in [0.5, 0.6) is 0 Å². The van der Waals surface area contributed by atoms with Crippen LogP contribution in [0.3, 0.4) is 0 Å². The summed E-state index contributed by atoms with van der Waals surface area (Å²) in [6.45, 7) is 10.2. The van der Waals surface area contributed by atoms with Gasteiger partial charge in [-0.1, -0.05) is 31.9 Å². The number of hydrogen-bond donors (Lipinski definition) is 1. The van der Waals surface area contributed by atoms with Crippen LogP contribution in [0.15, 0.2) is 42.6 Å². The highest BCUT2D eigenvalue weighted by molar-refractivity contribution is 5.85. The number of hydrogen-bond acceptors (Lipinski definition) is 10. The summed E-state index contributed by atoms with van der Waals surface area (Å²) in [7, 11) is 0. The summed E-state index contributed by atoms with van der Waals surface area (Å²) in [5, 5.41) is 9.36. The molecule has 4 rings (SSSR count). The molecule has 45 heavy (non-hydrogen) atoms. The highest BCUT2D eigenvalue weighted by atomic mass is 16.5.